The number of urea groups is 1. The molecular formula is C27H27N3O2. The van der Waals surface area contributed by atoms with Crippen molar-refractivity contribution in [1.29, 1.82) is 0 Å². The number of imide groups is 1. The van der Waals surface area contributed by atoms with E-state index >= 15 is 0 Å². The highest BCUT2D eigenvalue weighted by Gasteiger charge is 2.54. The van der Waals surface area contributed by atoms with Crippen molar-refractivity contribution >= 4 is 11.9 Å². The molecule has 0 aromatic heterocycles. The smallest absolute Gasteiger partial charge is 0.315 e. The minimum absolute atomic E-state index is 0.226. The van der Waals surface area contributed by atoms with Gasteiger partial charge in [0.25, 0.3) is 5.91 Å². The van der Waals surface area contributed by atoms with E-state index in [2.05, 4.69) is 28.4 Å². The van der Waals surface area contributed by atoms with Gasteiger partial charge in [-0.15, -0.1) is 0 Å². The van der Waals surface area contributed by atoms with Crippen LogP contribution in [-0.4, -0.2) is 35.0 Å². The Kier molecular flexibility index (Phi) is 5.06. The first-order valence-electron chi connectivity index (χ1n) is 11.1. The van der Waals surface area contributed by atoms with Crippen molar-refractivity contribution in [3.63, 3.8) is 0 Å². The maximum Gasteiger partial charge on any atom is 0.326 e. The maximum atomic E-state index is 14.0. The zero-order chi connectivity index (χ0) is 22.3. The predicted octanol–water partition coefficient (Wildman–Crippen LogP) is 4.11. The lowest BCUT2D eigenvalue weighted by Gasteiger charge is -2.32. The van der Waals surface area contributed by atoms with Crippen LogP contribution in [0.2, 0.25) is 0 Å². The highest BCUT2D eigenvalue weighted by atomic mass is 16.2. The summed E-state index contributed by atoms with van der Waals surface area (Å²) in [7, 11) is 0. The summed E-state index contributed by atoms with van der Waals surface area (Å²) < 4.78 is 0. The molecule has 1 atom stereocenters. The molecule has 0 spiro atoms. The van der Waals surface area contributed by atoms with E-state index in [1.807, 2.05) is 68.4 Å². The van der Waals surface area contributed by atoms with Gasteiger partial charge in [0.2, 0.25) is 0 Å². The molecule has 1 saturated heterocycles. The summed E-state index contributed by atoms with van der Waals surface area (Å²) in [5.74, 6) is -0.226. The van der Waals surface area contributed by atoms with Gasteiger partial charge in [-0.05, 0) is 53.6 Å². The molecule has 0 aliphatic carbocycles. The Morgan fingerprint density at radius 1 is 0.844 bits per heavy atom. The molecule has 3 aromatic rings. The van der Waals surface area contributed by atoms with E-state index in [4.69, 9.17) is 0 Å². The summed E-state index contributed by atoms with van der Waals surface area (Å²) in [4.78, 5) is 30.7. The van der Waals surface area contributed by atoms with Crippen LogP contribution in [0.25, 0.3) is 0 Å². The minimum Gasteiger partial charge on any atom is -0.315 e. The van der Waals surface area contributed by atoms with Crippen molar-refractivity contribution in [2.75, 3.05) is 13.2 Å². The number of hydrogen-bond donors (Lipinski definition) is 1. The molecule has 162 valence electrons. The van der Waals surface area contributed by atoms with Gasteiger partial charge in [0, 0.05) is 13.1 Å². The molecule has 5 heteroatoms. The SMILES string of the molecule is Cc1ccc([C@@]2(c3ccccc3)NC(=O)N(CN3CCc4ccccc4C3)C2=O)cc1C. The molecule has 5 nitrogen and oxygen atoms in total. The van der Waals surface area contributed by atoms with E-state index in [9.17, 15) is 9.59 Å². The van der Waals surface area contributed by atoms with Crippen LogP contribution >= 0.6 is 0 Å². The molecule has 3 amide bonds. The third-order valence-corrected chi connectivity index (χ3v) is 6.80. The summed E-state index contributed by atoms with van der Waals surface area (Å²) in [6.07, 6.45) is 0.917. The minimum atomic E-state index is -1.22. The number of rotatable bonds is 4. The summed E-state index contributed by atoms with van der Waals surface area (Å²) in [6.45, 7) is 5.90. The molecule has 32 heavy (non-hydrogen) atoms. The fourth-order valence-electron chi connectivity index (χ4n) is 4.80. The molecule has 0 radical (unpaired) electrons. The molecule has 1 fully saturated rings. The van der Waals surface area contributed by atoms with E-state index in [1.165, 1.54) is 16.0 Å². The quantitative estimate of drug-likeness (QED) is 0.640. The van der Waals surface area contributed by atoms with Crippen LogP contribution in [0.1, 0.15) is 33.4 Å². The average molecular weight is 426 g/mol. The molecule has 2 aliphatic rings. The van der Waals surface area contributed by atoms with Crippen LogP contribution in [0, 0.1) is 13.8 Å². The fourth-order valence-corrected chi connectivity index (χ4v) is 4.80. The van der Waals surface area contributed by atoms with E-state index in [1.54, 1.807) is 0 Å². The van der Waals surface area contributed by atoms with Crippen LogP contribution < -0.4 is 5.32 Å². The van der Waals surface area contributed by atoms with E-state index in [-0.39, 0.29) is 18.6 Å². The normalized spacial score (nSPS) is 20.9. The number of nitrogens with zero attached hydrogens (tertiary/aromatic N) is 2. The number of fused-ring (bicyclic) bond motifs is 1. The first kappa shape index (κ1) is 20.5. The summed E-state index contributed by atoms with van der Waals surface area (Å²) >= 11 is 0. The van der Waals surface area contributed by atoms with Crippen LogP contribution in [-0.2, 0) is 23.3 Å². The van der Waals surface area contributed by atoms with Gasteiger partial charge < -0.3 is 5.32 Å². The summed E-state index contributed by atoms with van der Waals surface area (Å²) in [5.41, 5.74) is 5.18. The second-order valence-electron chi connectivity index (χ2n) is 8.79. The Morgan fingerprint density at radius 3 is 2.31 bits per heavy atom. The van der Waals surface area contributed by atoms with Crippen molar-refractivity contribution in [3.05, 3.63) is 106 Å². The third-order valence-electron chi connectivity index (χ3n) is 6.80. The van der Waals surface area contributed by atoms with E-state index < -0.39 is 5.54 Å². The van der Waals surface area contributed by atoms with Crippen molar-refractivity contribution < 1.29 is 9.59 Å². The largest absolute Gasteiger partial charge is 0.326 e. The van der Waals surface area contributed by atoms with E-state index in [0.29, 0.717) is 0 Å². The van der Waals surface area contributed by atoms with Crippen LogP contribution in [0.5, 0.6) is 0 Å². The number of nitrogens with one attached hydrogen (secondary N) is 1. The Hall–Kier alpha value is -3.44. The van der Waals surface area contributed by atoms with Gasteiger partial charge >= 0.3 is 6.03 Å². The zero-order valence-electron chi connectivity index (χ0n) is 18.5. The maximum absolute atomic E-state index is 14.0. The van der Waals surface area contributed by atoms with Crippen molar-refractivity contribution in [2.45, 2.75) is 32.4 Å². The van der Waals surface area contributed by atoms with Gasteiger partial charge in [-0.3, -0.25) is 9.69 Å². The topological polar surface area (TPSA) is 52.7 Å². The van der Waals surface area contributed by atoms with Crippen LogP contribution in [0.4, 0.5) is 4.79 Å². The Bertz CT molecular complexity index is 1190. The standard InChI is InChI=1S/C27H27N3O2/c1-19-12-13-24(16-20(19)2)27(23-10-4-3-5-11-23)25(31)30(26(32)28-27)18-29-15-14-21-8-6-7-9-22(21)17-29/h3-13,16H,14-15,17-18H2,1-2H3,(H,28,32)/t27-/m1/s1. The second kappa shape index (κ2) is 7.92. The molecule has 1 N–H and O–H groups in total. The lowest BCUT2D eigenvalue weighted by molar-refractivity contribution is -0.131. The highest BCUT2D eigenvalue weighted by molar-refractivity contribution is 6.09. The molecule has 2 heterocycles. The summed E-state index contributed by atoms with van der Waals surface area (Å²) in [5, 5.41) is 3.07. The number of aryl methyl sites for hydroxylation is 2. The first-order chi connectivity index (χ1) is 15.5. The van der Waals surface area contributed by atoms with E-state index in [0.717, 1.165) is 41.8 Å². The number of hydrogen-bond acceptors (Lipinski definition) is 3. The van der Waals surface area contributed by atoms with Gasteiger partial charge in [0.15, 0.2) is 5.54 Å². The Labute approximate surface area is 188 Å². The highest BCUT2D eigenvalue weighted by Crippen LogP contribution is 2.37. The first-order valence-corrected chi connectivity index (χ1v) is 11.1. The van der Waals surface area contributed by atoms with Gasteiger partial charge in [-0.2, -0.15) is 0 Å². The van der Waals surface area contributed by atoms with Crippen molar-refractivity contribution in [1.82, 2.24) is 15.1 Å². The average Bonchev–Trinajstić information content (AvgIpc) is 3.07. The van der Waals surface area contributed by atoms with Crippen molar-refractivity contribution in [3.8, 4) is 0 Å². The molecule has 3 aromatic carbocycles. The Balaban J connectivity index is 1.50. The number of amides is 3. The summed E-state index contributed by atoms with van der Waals surface area (Å²) in [6, 6.07) is 23.6. The molecule has 2 aliphatic heterocycles. The molecule has 0 bridgehead atoms. The number of carbonyl (C=O) groups excluding carboxylic acids is 2. The van der Waals surface area contributed by atoms with Gasteiger partial charge in [-0.25, -0.2) is 9.69 Å². The number of benzene rings is 3. The molecular weight excluding hydrogens is 398 g/mol. The third kappa shape index (κ3) is 3.30. The van der Waals surface area contributed by atoms with Gasteiger partial charge in [-0.1, -0.05) is 72.8 Å². The van der Waals surface area contributed by atoms with Gasteiger partial charge in [0.05, 0.1) is 6.67 Å². The second-order valence-corrected chi connectivity index (χ2v) is 8.79. The Morgan fingerprint density at radius 2 is 1.56 bits per heavy atom. The van der Waals surface area contributed by atoms with Crippen LogP contribution in [0.3, 0.4) is 0 Å². The molecule has 5 rings (SSSR count). The zero-order valence-corrected chi connectivity index (χ0v) is 18.5. The monoisotopic (exact) mass is 425 g/mol. The fraction of sp³-hybridized carbons (Fsp3) is 0.259. The van der Waals surface area contributed by atoms with Crippen molar-refractivity contribution in [2.24, 2.45) is 0 Å². The molecule has 0 saturated carbocycles. The predicted molar refractivity (Wildman–Crippen MR) is 124 cm³/mol. The number of carbonyl (C=O) groups is 2. The molecule has 0 unspecified atom stereocenters. The lowest BCUT2D eigenvalue weighted by atomic mass is 9.81. The van der Waals surface area contributed by atoms with Gasteiger partial charge in [0.1, 0.15) is 0 Å². The lowest BCUT2D eigenvalue weighted by Crippen LogP contribution is -2.47. The van der Waals surface area contributed by atoms with Crippen LogP contribution in [0.15, 0.2) is 72.8 Å².